The number of hydrogen-bond acceptors (Lipinski definition) is 6. The number of methoxy groups -OCH3 is 1. The van der Waals surface area contributed by atoms with Gasteiger partial charge in [0.05, 0.1) is 29.9 Å². The van der Waals surface area contributed by atoms with Gasteiger partial charge in [-0.25, -0.2) is 8.42 Å². The van der Waals surface area contributed by atoms with Gasteiger partial charge in [-0.3, -0.25) is 4.72 Å². The summed E-state index contributed by atoms with van der Waals surface area (Å²) < 4.78 is 38.8. The van der Waals surface area contributed by atoms with Crippen LogP contribution in [0, 0.1) is 0 Å². The average molecular weight is 420 g/mol. The second-order valence-electron chi connectivity index (χ2n) is 6.83. The number of likely N-dealkylation sites (N-methyl/N-ethyl adjacent to an activating group) is 1. The molecule has 0 amide bonds. The maximum absolute atomic E-state index is 12.7. The molecule has 1 N–H and O–H groups in total. The van der Waals surface area contributed by atoms with E-state index in [9.17, 15) is 8.42 Å². The summed E-state index contributed by atoms with van der Waals surface area (Å²) in [6, 6.07) is 11.7. The van der Waals surface area contributed by atoms with Crippen molar-refractivity contribution in [1.29, 1.82) is 0 Å². The number of ether oxygens (including phenoxy) is 2. The molecule has 0 aromatic heterocycles. The molecule has 0 saturated heterocycles. The number of hydrogen-bond donors (Lipinski definition) is 1. The predicted molar refractivity (Wildman–Crippen MR) is 116 cm³/mol. The number of nitrogens with zero attached hydrogens (tertiary/aromatic N) is 2. The zero-order chi connectivity index (χ0) is 20.9. The Morgan fingerprint density at radius 2 is 1.86 bits per heavy atom. The third kappa shape index (κ3) is 5.13. The molecule has 1 aliphatic rings. The molecule has 0 fully saturated rings. The first-order chi connectivity index (χ1) is 14.0. The smallest absolute Gasteiger partial charge is 0.261 e. The van der Waals surface area contributed by atoms with E-state index in [1.54, 1.807) is 31.4 Å². The first-order valence-corrected chi connectivity index (χ1v) is 11.4. The van der Waals surface area contributed by atoms with E-state index in [-0.39, 0.29) is 4.90 Å². The summed E-state index contributed by atoms with van der Waals surface area (Å²) >= 11 is 0. The van der Waals surface area contributed by atoms with Gasteiger partial charge in [-0.2, -0.15) is 0 Å². The highest BCUT2D eigenvalue weighted by Gasteiger charge is 2.21. The quantitative estimate of drug-likeness (QED) is 0.674. The minimum atomic E-state index is -3.69. The van der Waals surface area contributed by atoms with Gasteiger partial charge >= 0.3 is 0 Å². The van der Waals surface area contributed by atoms with Gasteiger partial charge < -0.3 is 19.3 Å². The van der Waals surface area contributed by atoms with Crippen LogP contribution >= 0.6 is 0 Å². The summed E-state index contributed by atoms with van der Waals surface area (Å²) in [4.78, 5) is 4.85. The first kappa shape index (κ1) is 21.3. The predicted octanol–water partition coefficient (Wildman–Crippen LogP) is 3.04. The molecule has 0 saturated carbocycles. The Hall–Kier alpha value is -2.45. The number of rotatable bonds is 9. The summed E-state index contributed by atoms with van der Waals surface area (Å²) in [6.07, 6.45) is 0. The van der Waals surface area contributed by atoms with Gasteiger partial charge in [-0.1, -0.05) is 13.8 Å². The molecule has 0 atom stereocenters. The lowest BCUT2D eigenvalue weighted by molar-refractivity contribution is 0.286. The van der Waals surface area contributed by atoms with Crippen LogP contribution in [0.5, 0.6) is 11.5 Å². The average Bonchev–Trinajstić information content (AvgIpc) is 2.74. The third-order valence-electron chi connectivity index (χ3n) is 5.12. The van der Waals surface area contributed by atoms with E-state index in [2.05, 4.69) is 28.4 Å². The molecule has 7 nitrogen and oxygen atoms in total. The molecule has 0 radical (unpaired) electrons. The molecular weight excluding hydrogens is 390 g/mol. The van der Waals surface area contributed by atoms with Gasteiger partial charge in [0.1, 0.15) is 18.1 Å². The summed E-state index contributed by atoms with van der Waals surface area (Å²) in [5, 5.41) is 0. The summed E-state index contributed by atoms with van der Waals surface area (Å²) in [7, 11) is -2.15. The highest BCUT2D eigenvalue weighted by atomic mass is 32.2. The molecule has 158 valence electrons. The maximum Gasteiger partial charge on any atom is 0.261 e. The number of benzene rings is 2. The van der Waals surface area contributed by atoms with E-state index in [1.807, 2.05) is 6.07 Å². The molecule has 2 aromatic rings. The number of nitrogens with one attached hydrogen (secondary N) is 1. The van der Waals surface area contributed by atoms with Gasteiger partial charge in [0.15, 0.2) is 0 Å². The van der Waals surface area contributed by atoms with Crippen molar-refractivity contribution in [2.45, 2.75) is 18.7 Å². The Kier molecular flexibility index (Phi) is 6.87. The fourth-order valence-corrected chi connectivity index (χ4v) is 4.39. The van der Waals surface area contributed by atoms with Gasteiger partial charge in [-0.15, -0.1) is 0 Å². The Labute approximate surface area is 173 Å². The van der Waals surface area contributed by atoms with Crippen LogP contribution in [0.4, 0.5) is 11.4 Å². The van der Waals surface area contributed by atoms with E-state index < -0.39 is 10.0 Å². The molecule has 29 heavy (non-hydrogen) atoms. The van der Waals surface area contributed by atoms with Crippen LogP contribution in [0.15, 0.2) is 47.4 Å². The monoisotopic (exact) mass is 419 g/mol. The van der Waals surface area contributed by atoms with E-state index in [4.69, 9.17) is 9.47 Å². The van der Waals surface area contributed by atoms with Crippen LogP contribution in [0.3, 0.4) is 0 Å². The highest BCUT2D eigenvalue weighted by molar-refractivity contribution is 7.92. The summed E-state index contributed by atoms with van der Waals surface area (Å²) in [5.41, 5.74) is 1.47. The Morgan fingerprint density at radius 1 is 1.14 bits per heavy atom. The van der Waals surface area contributed by atoms with Crippen LogP contribution in [-0.2, 0) is 10.0 Å². The Morgan fingerprint density at radius 3 is 2.52 bits per heavy atom. The molecule has 1 aliphatic heterocycles. The van der Waals surface area contributed by atoms with E-state index in [0.29, 0.717) is 23.8 Å². The first-order valence-electron chi connectivity index (χ1n) is 9.88. The SMILES string of the molecule is CCN(CC)CCN1CCOc2cc(NS(=O)(=O)c3ccc(OC)cc3)ccc21. The standard InChI is InChI=1S/C21H29N3O4S/c1-4-23(5-2)12-13-24-14-15-28-21-16-17(6-11-20(21)24)22-29(25,26)19-9-7-18(27-3)8-10-19/h6-11,16,22H,4-5,12-15H2,1-3H3. The lowest BCUT2D eigenvalue weighted by Crippen LogP contribution is -2.39. The maximum atomic E-state index is 12.7. The lowest BCUT2D eigenvalue weighted by Gasteiger charge is -2.33. The van der Waals surface area contributed by atoms with Gasteiger partial charge in [0, 0.05) is 19.2 Å². The molecule has 1 heterocycles. The molecule has 0 spiro atoms. The number of anilines is 2. The fraction of sp³-hybridized carbons (Fsp3) is 0.429. The summed E-state index contributed by atoms with van der Waals surface area (Å²) in [6.45, 7) is 9.69. The van der Waals surface area contributed by atoms with Crippen molar-refractivity contribution >= 4 is 21.4 Å². The van der Waals surface area contributed by atoms with E-state index in [0.717, 1.165) is 38.4 Å². The highest BCUT2D eigenvalue weighted by Crippen LogP contribution is 2.34. The van der Waals surface area contributed by atoms with Crippen molar-refractivity contribution in [3.05, 3.63) is 42.5 Å². The van der Waals surface area contributed by atoms with E-state index >= 15 is 0 Å². The third-order valence-corrected chi connectivity index (χ3v) is 6.52. The zero-order valence-electron chi connectivity index (χ0n) is 17.2. The largest absolute Gasteiger partial charge is 0.497 e. The normalized spacial score (nSPS) is 13.7. The molecule has 0 bridgehead atoms. The Bertz CT molecular complexity index is 912. The van der Waals surface area contributed by atoms with Crippen molar-refractivity contribution in [1.82, 2.24) is 4.90 Å². The van der Waals surface area contributed by atoms with Gasteiger partial charge in [0.25, 0.3) is 10.0 Å². The second kappa shape index (κ2) is 9.37. The molecule has 8 heteroatoms. The second-order valence-corrected chi connectivity index (χ2v) is 8.51. The number of fused-ring (bicyclic) bond motifs is 1. The Balaban J connectivity index is 1.74. The minimum Gasteiger partial charge on any atom is -0.497 e. The minimum absolute atomic E-state index is 0.179. The number of sulfonamides is 1. The van der Waals surface area contributed by atoms with Crippen LogP contribution in [0.25, 0.3) is 0 Å². The van der Waals surface area contributed by atoms with Crippen LogP contribution in [0.2, 0.25) is 0 Å². The van der Waals surface area contributed by atoms with Crippen molar-refractivity contribution < 1.29 is 17.9 Å². The van der Waals surface area contributed by atoms with Gasteiger partial charge in [0.2, 0.25) is 0 Å². The zero-order valence-corrected chi connectivity index (χ0v) is 18.0. The summed E-state index contributed by atoms with van der Waals surface area (Å²) in [5.74, 6) is 1.31. The van der Waals surface area contributed by atoms with Crippen molar-refractivity contribution in [3.63, 3.8) is 0 Å². The van der Waals surface area contributed by atoms with Gasteiger partial charge in [-0.05, 0) is 49.5 Å². The molecule has 0 aliphatic carbocycles. The van der Waals surface area contributed by atoms with Crippen molar-refractivity contribution in [2.75, 3.05) is 56.1 Å². The lowest BCUT2D eigenvalue weighted by atomic mass is 10.2. The molecule has 0 unspecified atom stereocenters. The van der Waals surface area contributed by atoms with Crippen LogP contribution in [0.1, 0.15) is 13.8 Å². The van der Waals surface area contributed by atoms with Crippen molar-refractivity contribution in [2.24, 2.45) is 0 Å². The van der Waals surface area contributed by atoms with Crippen LogP contribution < -0.4 is 19.1 Å². The topological polar surface area (TPSA) is 71.1 Å². The van der Waals surface area contributed by atoms with Crippen LogP contribution in [-0.4, -0.2) is 59.8 Å². The molecule has 2 aromatic carbocycles. The van der Waals surface area contributed by atoms with Crippen molar-refractivity contribution in [3.8, 4) is 11.5 Å². The molecular formula is C21H29N3O4S. The molecule has 3 rings (SSSR count). The van der Waals surface area contributed by atoms with E-state index in [1.165, 1.54) is 12.1 Å². The fourth-order valence-electron chi connectivity index (χ4n) is 3.34.